The summed E-state index contributed by atoms with van der Waals surface area (Å²) in [7, 11) is 1.79. The van der Waals surface area contributed by atoms with Crippen LogP contribution in [0.5, 0.6) is 0 Å². The molecule has 4 rings (SSSR count). The van der Waals surface area contributed by atoms with Crippen LogP contribution < -0.4 is 5.32 Å². The van der Waals surface area contributed by atoms with Crippen LogP contribution in [0.4, 0.5) is 5.88 Å². The number of rotatable bonds is 3. The molecule has 1 N–H and O–H groups in total. The normalized spacial score (nSPS) is 11.2. The van der Waals surface area contributed by atoms with Crippen LogP contribution in [-0.2, 0) is 7.05 Å². The van der Waals surface area contributed by atoms with Gasteiger partial charge in [0.1, 0.15) is 5.69 Å². The minimum absolute atomic E-state index is 0.286. The van der Waals surface area contributed by atoms with E-state index in [2.05, 4.69) is 20.6 Å². The molecule has 0 unspecified atom stereocenters. The second kappa shape index (κ2) is 5.59. The average Bonchev–Trinajstić information content (AvgIpc) is 3.30. The molecule has 0 aromatic carbocycles. The zero-order valence-corrected chi connectivity index (χ0v) is 13.9. The molecule has 0 aliphatic heterocycles. The SMILES string of the molecule is Cc1cc(NC(=O)c2cc(-c3ccco3)nc3c2c(C)nn3C)on1. The molecule has 0 saturated carbocycles. The third-order valence-corrected chi connectivity index (χ3v) is 3.85. The Bertz CT molecular complexity index is 1080. The Morgan fingerprint density at radius 2 is 2.12 bits per heavy atom. The van der Waals surface area contributed by atoms with Gasteiger partial charge in [0.25, 0.3) is 5.91 Å². The van der Waals surface area contributed by atoms with Crippen LogP contribution >= 0.6 is 0 Å². The summed E-state index contributed by atoms with van der Waals surface area (Å²) in [5.41, 5.74) is 3.00. The monoisotopic (exact) mass is 337 g/mol. The highest BCUT2D eigenvalue weighted by molar-refractivity contribution is 6.12. The van der Waals surface area contributed by atoms with Crippen molar-refractivity contribution < 1.29 is 13.7 Å². The first kappa shape index (κ1) is 15.1. The minimum Gasteiger partial charge on any atom is -0.463 e. The van der Waals surface area contributed by atoms with Crippen molar-refractivity contribution >= 4 is 22.8 Å². The highest BCUT2D eigenvalue weighted by Crippen LogP contribution is 2.27. The Kier molecular flexibility index (Phi) is 3.38. The minimum atomic E-state index is -0.326. The van der Waals surface area contributed by atoms with Gasteiger partial charge >= 0.3 is 0 Å². The lowest BCUT2D eigenvalue weighted by molar-refractivity contribution is 0.102. The van der Waals surface area contributed by atoms with E-state index in [9.17, 15) is 4.79 Å². The van der Waals surface area contributed by atoms with Gasteiger partial charge in [-0.3, -0.25) is 14.8 Å². The predicted molar refractivity (Wildman–Crippen MR) is 90.1 cm³/mol. The lowest BCUT2D eigenvalue weighted by atomic mass is 10.1. The van der Waals surface area contributed by atoms with Crippen LogP contribution in [0.1, 0.15) is 21.7 Å². The van der Waals surface area contributed by atoms with Crippen molar-refractivity contribution in [2.75, 3.05) is 5.32 Å². The van der Waals surface area contributed by atoms with Crippen LogP contribution in [-0.4, -0.2) is 25.8 Å². The molecule has 4 heterocycles. The highest BCUT2D eigenvalue weighted by atomic mass is 16.5. The van der Waals surface area contributed by atoms with Crippen molar-refractivity contribution in [2.45, 2.75) is 13.8 Å². The van der Waals surface area contributed by atoms with Crippen LogP contribution in [0.2, 0.25) is 0 Å². The van der Waals surface area contributed by atoms with Crippen molar-refractivity contribution in [1.82, 2.24) is 19.9 Å². The number of anilines is 1. The van der Waals surface area contributed by atoms with Gasteiger partial charge in [-0.1, -0.05) is 5.16 Å². The number of hydrogen-bond acceptors (Lipinski definition) is 6. The zero-order valence-electron chi connectivity index (χ0n) is 13.9. The second-order valence-corrected chi connectivity index (χ2v) is 5.73. The molecule has 1 amide bonds. The van der Waals surface area contributed by atoms with Crippen molar-refractivity contribution in [3.63, 3.8) is 0 Å². The van der Waals surface area contributed by atoms with Gasteiger partial charge in [-0.25, -0.2) is 4.98 Å². The summed E-state index contributed by atoms with van der Waals surface area (Å²) in [4.78, 5) is 17.4. The Morgan fingerprint density at radius 3 is 2.80 bits per heavy atom. The molecule has 25 heavy (non-hydrogen) atoms. The van der Waals surface area contributed by atoms with Crippen molar-refractivity contribution in [3.05, 3.63) is 47.5 Å². The fraction of sp³-hybridized carbons (Fsp3) is 0.176. The van der Waals surface area contributed by atoms with Gasteiger partial charge in [-0.05, 0) is 32.0 Å². The first-order valence-corrected chi connectivity index (χ1v) is 7.66. The molecule has 0 atom stereocenters. The first-order chi connectivity index (χ1) is 12.0. The molecule has 126 valence electrons. The quantitative estimate of drug-likeness (QED) is 0.617. The maximum absolute atomic E-state index is 12.8. The molecule has 8 nitrogen and oxygen atoms in total. The number of nitrogens with one attached hydrogen (secondary N) is 1. The average molecular weight is 337 g/mol. The fourth-order valence-corrected chi connectivity index (χ4v) is 2.78. The maximum atomic E-state index is 12.8. The molecular weight excluding hydrogens is 322 g/mol. The molecular formula is C17H15N5O3. The summed E-state index contributed by atoms with van der Waals surface area (Å²) >= 11 is 0. The lowest BCUT2D eigenvalue weighted by Crippen LogP contribution is -2.13. The second-order valence-electron chi connectivity index (χ2n) is 5.73. The Balaban J connectivity index is 1.87. The number of aryl methyl sites for hydroxylation is 3. The molecule has 0 aliphatic carbocycles. The Hall–Kier alpha value is -3.42. The molecule has 0 saturated heterocycles. The number of carbonyl (C=O) groups is 1. The molecule has 4 aromatic heterocycles. The highest BCUT2D eigenvalue weighted by Gasteiger charge is 2.21. The zero-order chi connectivity index (χ0) is 17.6. The standard InChI is InChI=1S/C17H15N5O3/c1-9-7-14(25-21-9)19-17(23)11-8-12(13-5-4-6-24-13)18-16-15(11)10(2)20-22(16)3/h4-8H,1-3H3,(H,19,23). The van der Waals surface area contributed by atoms with E-state index in [4.69, 9.17) is 8.94 Å². The summed E-state index contributed by atoms with van der Waals surface area (Å²) in [5, 5.41) is 11.5. The largest absolute Gasteiger partial charge is 0.463 e. The number of aromatic nitrogens is 4. The van der Waals surface area contributed by atoms with E-state index in [1.165, 1.54) is 0 Å². The smallest absolute Gasteiger partial charge is 0.258 e. The molecule has 0 spiro atoms. The van der Waals surface area contributed by atoms with Gasteiger partial charge in [0.15, 0.2) is 11.4 Å². The molecule has 4 aromatic rings. The summed E-state index contributed by atoms with van der Waals surface area (Å²) in [6.45, 7) is 3.62. The van der Waals surface area contributed by atoms with Crippen molar-refractivity contribution in [1.29, 1.82) is 0 Å². The van der Waals surface area contributed by atoms with Crippen molar-refractivity contribution in [2.24, 2.45) is 7.05 Å². The lowest BCUT2D eigenvalue weighted by Gasteiger charge is -2.06. The predicted octanol–water partition coefficient (Wildman–Crippen LogP) is 3.09. The van der Waals surface area contributed by atoms with E-state index in [1.54, 1.807) is 49.2 Å². The number of pyridine rings is 1. The summed E-state index contributed by atoms with van der Waals surface area (Å²) in [6.07, 6.45) is 1.56. The van der Waals surface area contributed by atoms with E-state index >= 15 is 0 Å². The van der Waals surface area contributed by atoms with Gasteiger partial charge in [-0.2, -0.15) is 5.10 Å². The van der Waals surface area contributed by atoms with E-state index in [0.29, 0.717) is 33.7 Å². The molecule has 0 fully saturated rings. The van der Waals surface area contributed by atoms with Crippen LogP contribution in [0.25, 0.3) is 22.5 Å². The van der Waals surface area contributed by atoms with Gasteiger partial charge in [0, 0.05) is 13.1 Å². The number of hydrogen-bond donors (Lipinski definition) is 1. The fourth-order valence-electron chi connectivity index (χ4n) is 2.78. The number of carbonyl (C=O) groups excluding carboxylic acids is 1. The number of furan rings is 1. The molecule has 8 heteroatoms. The topological polar surface area (TPSA) is 99.0 Å². The van der Waals surface area contributed by atoms with E-state index in [-0.39, 0.29) is 11.8 Å². The maximum Gasteiger partial charge on any atom is 0.258 e. The van der Waals surface area contributed by atoms with Crippen molar-refractivity contribution in [3.8, 4) is 11.5 Å². The van der Waals surface area contributed by atoms with E-state index in [0.717, 1.165) is 5.69 Å². The van der Waals surface area contributed by atoms with E-state index < -0.39 is 0 Å². The summed E-state index contributed by atoms with van der Waals surface area (Å²) in [6, 6.07) is 6.90. The summed E-state index contributed by atoms with van der Waals surface area (Å²) in [5.74, 6) is 0.534. The van der Waals surface area contributed by atoms with Crippen LogP contribution in [0.15, 0.2) is 39.5 Å². The van der Waals surface area contributed by atoms with Gasteiger partial charge in [0.05, 0.1) is 28.6 Å². The number of amides is 1. The third-order valence-electron chi connectivity index (χ3n) is 3.85. The Morgan fingerprint density at radius 1 is 1.28 bits per heavy atom. The van der Waals surface area contributed by atoms with Gasteiger partial charge < -0.3 is 8.94 Å². The third kappa shape index (κ3) is 2.57. The number of fused-ring (bicyclic) bond motifs is 1. The van der Waals surface area contributed by atoms with Gasteiger partial charge in [-0.15, -0.1) is 0 Å². The van der Waals surface area contributed by atoms with Gasteiger partial charge in [0.2, 0.25) is 5.88 Å². The van der Waals surface area contributed by atoms with Crippen LogP contribution in [0.3, 0.4) is 0 Å². The van der Waals surface area contributed by atoms with E-state index in [1.807, 2.05) is 6.92 Å². The number of nitrogens with zero attached hydrogens (tertiary/aromatic N) is 4. The van der Waals surface area contributed by atoms with Crippen LogP contribution in [0, 0.1) is 13.8 Å². The molecule has 0 bridgehead atoms. The molecule has 0 aliphatic rings. The Labute approximate surface area is 142 Å². The summed E-state index contributed by atoms with van der Waals surface area (Å²) < 4.78 is 12.1. The molecule has 0 radical (unpaired) electrons. The first-order valence-electron chi connectivity index (χ1n) is 7.66.